The number of carbonyl (C=O) groups excluding carboxylic acids is 1. The van der Waals surface area contributed by atoms with E-state index in [1.54, 1.807) is 18.2 Å². The number of hydrogen-bond acceptors (Lipinski definition) is 4. The lowest BCUT2D eigenvalue weighted by Crippen LogP contribution is -2.26. The molecular weight excluding hydrogens is 354 g/mol. The molecule has 0 saturated heterocycles. The summed E-state index contributed by atoms with van der Waals surface area (Å²) in [4.78, 5) is 24.4. The standard InChI is InChI=1S/C19H16ClN3O3/c1-26-17-9-7-14(11-15(17)20)21-19(25)16-8-10-18(24)23(22-16)12-13-5-3-2-4-6-13/h2-11H,12H2,1H3,(H,21,25). The summed E-state index contributed by atoms with van der Waals surface area (Å²) in [6.07, 6.45) is 0. The van der Waals surface area contributed by atoms with Gasteiger partial charge in [0.15, 0.2) is 0 Å². The fraction of sp³-hybridized carbons (Fsp3) is 0.105. The number of nitrogens with zero attached hydrogens (tertiary/aromatic N) is 2. The van der Waals surface area contributed by atoms with Crippen LogP contribution in [0.25, 0.3) is 0 Å². The molecule has 1 aromatic heterocycles. The van der Waals surface area contributed by atoms with Crippen LogP contribution in [0.1, 0.15) is 16.1 Å². The Kier molecular flexibility index (Phi) is 5.34. The van der Waals surface area contributed by atoms with Crippen LogP contribution in [0.3, 0.4) is 0 Å². The molecule has 0 radical (unpaired) electrons. The van der Waals surface area contributed by atoms with E-state index in [1.165, 1.54) is 23.9 Å². The van der Waals surface area contributed by atoms with Crippen molar-refractivity contribution in [2.45, 2.75) is 6.54 Å². The number of methoxy groups -OCH3 is 1. The van der Waals surface area contributed by atoms with Crippen molar-refractivity contribution >= 4 is 23.2 Å². The van der Waals surface area contributed by atoms with Crippen LogP contribution in [0, 0.1) is 0 Å². The normalized spacial score (nSPS) is 10.4. The van der Waals surface area contributed by atoms with Gasteiger partial charge < -0.3 is 10.1 Å². The van der Waals surface area contributed by atoms with Gasteiger partial charge in [-0.25, -0.2) is 4.68 Å². The molecule has 1 heterocycles. The topological polar surface area (TPSA) is 73.2 Å². The van der Waals surface area contributed by atoms with Crippen LogP contribution >= 0.6 is 11.6 Å². The van der Waals surface area contributed by atoms with E-state index < -0.39 is 5.91 Å². The summed E-state index contributed by atoms with van der Waals surface area (Å²) in [7, 11) is 1.51. The molecule has 26 heavy (non-hydrogen) atoms. The first kappa shape index (κ1) is 17.7. The molecular formula is C19H16ClN3O3. The van der Waals surface area contributed by atoms with Crippen molar-refractivity contribution in [3.63, 3.8) is 0 Å². The third kappa shape index (κ3) is 4.10. The number of hydrogen-bond donors (Lipinski definition) is 1. The second-order valence-corrected chi connectivity index (χ2v) is 5.91. The van der Waals surface area contributed by atoms with E-state index in [1.807, 2.05) is 30.3 Å². The van der Waals surface area contributed by atoms with Crippen molar-refractivity contribution in [2.24, 2.45) is 0 Å². The monoisotopic (exact) mass is 369 g/mol. The first-order chi connectivity index (χ1) is 12.6. The molecule has 2 aromatic carbocycles. The van der Waals surface area contributed by atoms with E-state index in [2.05, 4.69) is 10.4 Å². The minimum Gasteiger partial charge on any atom is -0.495 e. The lowest BCUT2D eigenvalue weighted by atomic mass is 10.2. The molecule has 0 atom stereocenters. The lowest BCUT2D eigenvalue weighted by molar-refractivity contribution is 0.102. The Morgan fingerprint density at radius 2 is 1.92 bits per heavy atom. The van der Waals surface area contributed by atoms with Crippen molar-refractivity contribution < 1.29 is 9.53 Å². The molecule has 3 aromatic rings. The molecule has 132 valence electrons. The molecule has 0 aliphatic rings. The molecule has 3 rings (SSSR count). The van der Waals surface area contributed by atoms with E-state index in [0.29, 0.717) is 16.5 Å². The maximum absolute atomic E-state index is 12.4. The summed E-state index contributed by atoms with van der Waals surface area (Å²) >= 11 is 6.06. The number of nitrogens with one attached hydrogen (secondary N) is 1. The first-order valence-electron chi connectivity index (χ1n) is 7.84. The lowest BCUT2D eigenvalue weighted by Gasteiger charge is -2.09. The third-order valence-corrected chi connectivity index (χ3v) is 3.98. The van der Waals surface area contributed by atoms with E-state index >= 15 is 0 Å². The average molecular weight is 370 g/mol. The molecule has 6 nitrogen and oxygen atoms in total. The van der Waals surface area contributed by atoms with Crippen LogP contribution < -0.4 is 15.6 Å². The Labute approximate surface area is 155 Å². The molecule has 0 saturated carbocycles. The Morgan fingerprint density at radius 1 is 1.15 bits per heavy atom. The molecule has 0 aliphatic carbocycles. The van der Waals surface area contributed by atoms with Crippen molar-refractivity contribution in [3.05, 3.63) is 87.3 Å². The maximum Gasteiger partial charge on any atom is 0.276 e. The summed E-state index contributed by atoms with van der Waals surface area (Å²) in [5.74, 6) is 0.0762. The quantitative estimate of drug-likeness (QED) is 0.749. The highest BCUT2D eigenvalue weighted by Crippen LogP contribution is 2.27. The number of ether oxygens (including phenoxy) is 1. The average Bonchev–Trinajstić information content (AvgIpc) is 2.64. The van der Waals surface area contributed by atoms with E-state index in [4.69, 9.17) is 16.3 Å². The van der Waals surface area contributed by atoms with Gasteiger partial charge in [-0.15, -0.1) is 0 Å². The van der Waals surface area contributed by atoms with Gasteiger partial charge >= 0.3 is 0 Å². The second-order valence-electron chi connectivity index (χ2n) is 5.50. The van der Waals surface area contributed by atoms with Crippen LogP contribution in [0.15, 0.2) is 65.5 Å². The molecule has 0 spiro atoms. The van der Waals surface area contributed by atoms with Gasteiger partial charge in [0.2, 0.25) is 0 Å². The molecule has 1 N–H and O–H groups in total. The van der Waals surface area contributed by atoms with Gasteiger partial charge in [-0.3, -0.25) is 9.59 Å². The highest BCUT2D eigenvalue weighted by molar-refractivity contribution is 6.32. The number of carbonyl (C=O) groups is 1. The van der Waals surface area contributed by atoms with Crippen molar-refractivity contribution in [2.75, 3.05) is 12.4 Å². The van der Waals surface area contributed by atoms with Gasteiger partial charge in [-0.05, 0) is 29.8 Å². The smallest absolute Gasteiger partial charge is 0.276 e. The van der Waals surface area contributed by atoms with Crippen LogP contribution in [0.5, 0.6) is 5.75 Å². The zero-order valence-corrected chi connectivity index (χ0v) is 14.7. The van der Waals surface area contributed by atoms with Gasteiger partial charge in [0.25, 0.3) is 11.5 Å². The maximum atomic E-state index is 12.4. The summed E-state index contributed by atoms with van der Waals surface area (Å²) in [5, 5.41) is 7.24. The number of aromatic nitrogens is 2. The molecule has 1 amide bonds. The Bertz CT molecular complexity index is 987. The Morgan fingerprint density at radius 3 is 2.62 bits per heavy atom. The largest absolute Gasteiger partial charge is 0.495 e. The van der Waals surface area contributed by atoms with Crippen molar-refractivity contribution in [1.82, 2.24) is 9.78 Å². The number of rotatable bonds is 5. The summed E-state index contributed by atoms with van der Waals surface area (Å²) in [6, 6.07) is 17.1. The fourth-order valence-corrected chi connectivity index (χ4v) is 2.64. The molecule has 7 heteroatoms. The zero-order chi connectivity index (χ0) is 18.5. The zero-order valence-electron chi connectivity index (χ0n) is 14.0. The second kappa shape index (κ2) is 7.84. The first-order valence-corrected chi connectivity index (χ1v) is 8.21. The van der Waals surface area contributed by atoms with Gasteiger partial charge in [0, 0.05) is 11.8 Å². The summed E-state index contributed by atoms with van der Waals surface area (Å²) < 4.78 is 6.34. The van der Waals surface area contributed by atoms with Gasteiger partial charge in [-0.1, -0.05) is 41.9 Å². The Balaban J connectivity index is 1.80. The predicted octanol–water partition coefficient (Wildman–Crippen LogP) is 3.21. The van der Waals surface area contributed by atoms with E-state index in [-0.39, 0.29) is 17.8 Å². The fourth-order valence-electron chi connectivity index (χ4n) is 2.38. The number of anilines is 1. The van der Waals surface area contributed by atoms with Gasteiger partial charge in [0.05, 0.1) is 18.7 Å². The van der Waals surface area contributed by atoms with Crippen LogP contribution in [0.4, 0.5) is 5.69 Å². The van der Waals surface area contributed by atoms with Crippen molar-refractivity contribution in [1.29, 1.82) is 0 Å². The van der Waals surface area contributed by atoms with Gasteiger partial charge in [-0.2, -0.15) is 5.10 Å². The van der Waals surface area contributed by atoms with E-state index in [0.717, 1.165) is 5.56 Å². The number of benzene rings is 2. The number of halogens is 1. The van der Waals surface area contributed by atoms with Crippen molar-refractivity contribution in [3.8, 4) is 5.75 Å². The predicted molar refractivity (Wildman–Crippen MR) is 100.0 cm³/mol. The van der Waals surface area contributed by atoms with Crippen LogP contribution in [-0.4, -0.2) is 22.8 Å². The molecule has 0 bridgehead atoms. The minimum atomic E-state index is -0.437. The summed E-state index contributed by atoms with van der Waals surface area (Å²) in [5.41, 5.74) is 1.27. The van der Waals surface area contributed by atoms with E-state index in [9.17, 15) is 9.59 Å². The van der Waals surface area contributed by atoms with Crippen LogP contribution in [0.2, 0.25) is 5.02 Å². The SMILES string of the molecule is COc1ccc(NC(=O)c2ccc(=O)n(Cc3ccccc3)n2)cc1Cl. The number of amides is 1. The Hall–Kier alpha value is -3.12. The highest BCUT2D eigenvalue weighted by Gasteiger charge is 2.11. The van der Waals surface area contributed by atoms with Gasteiger partial charge in [0.1, 0.15) is 11.4 Å². The van der Waals surface area contributed by atoms with Crippen LogP contribution in [-0.2, 0) is 6.54 Å². The molecule has 0 fully saturated rings. The minimum absolute atomic E-state index is 0.132. The third-order valence-electron chi connectivity index (χ3n) is 3.68. The molecule has 0 aliphatic heterocycles. The highest BCUT2D eigenvalue weighted by atomic mass is 35.5. The molecule has 0 unspecified atom stereocenters. The summed E-state index contributed by atoms with van der Waals surface area (Å²) in [6.45, 7) is 0.287.